The van der Waals surface area contributed by atoms with Crippen molar-refractivity contribution in [2.24, 2.45) is 0 Å². The molecule has 6 nitrogen and oxygen atoms in total. The van der Waals surface area contributed by atoms with Crippen LogP contribution in [-0.4, -0.2) is 24.3 Å². The van der Waals surface area contributed by atoms with Crippen molar-refractivity contribution in [2.75, 3.05) is 11.9 Å². The van der Waals surface area contributed by atoms with E-state index in [4.69, 9.17) is 11.6 Å². The van der Waals surface area contributed by atoms with Crippen LogP contribution in [0.1, 0.15) is 61.4 Å². The maximum Gasteiger partial charge on any atom is 0.416 e. The second-order valence-corrected chi connectivity index (χ2v) is 9.39. The maximum absolute atomic E-state index is 14.1. The molecule has 3 aromatic rings. The molecule has 0 saturated carbocycles. The number of halogens is 6. The van der Waals surface area contributed by atoms with Gasteiger partial charge in [0.15, 0.2) is 0 Å². The van der Waals surface area contributed by atoms with E-state index in [0.717, 1.165) is 12.1 Å². The Bertz CT molecular complexity index is 1510. The maximum atomic E-state index is 14.1. The smallest absolute Gasteiger partial charge is 0.355 e. The summed E-state index contributed by atoms with van der Waals surface area (Å²) >= 11 is 6.27. The fourth-order valence-electron chi connectivity index (χ4n) is 4.68. The summed E-state index contributed by atoms with van der Waals surface area (Å²) in [6, 6.07) is 6.99. The second-order valence-electron chi connectivity index (χ2n) is 8.99. The number of alkyl halides is 3. The van der Waals surface area contributed by atoms with E-state index in [1.54, 1.807) is 6.07 Å². The van der Waals surface area contributed by atoms with Crippen LogP contribution in [0, 0.1) is 11.6 Å². The number of anilines is 1. The highest BCUT2D eigenvalue weighted by atomic mass is 35.5. The van der Waals surface area contributed by atoms with Gasteiger partial charge in [0.25, 0.3) is 11.8 Å². The van der Waals surface area contributed by atoms with E-state index < -0.39 is 46.8 Å². The largest absolute Gasteiger partial charge is 0.416 e. The van der Waals surface area contributed by atoms with E-state index >= 15 is 0 Å². The van der Waals surface area contributed by atoms with Crippen molar-refractivity contribution in [3.05, 3.63) is 98.6 Å². The van der Waals surface area contributed by atoms with Crippen molar-refractivity contribution >= 4 is 35.0 Å². The quantitative estimate of drug-likeness (QED) is 0.385. The average Bonchev–Trinajstić information content (AvgIpc) is 3.43. The summed E-state index contributed by atoms with van der Waals surface area (Å²) in [5.74, 6) is -4.10. The molecule has 0 bridgehead atoms. The molecule has 38 heavy (non-hydrogen) atoms. The Morgan fingerprint density at radius 1 is 1.00 bits per heavy atom. The molecule has 3 N–H and O–H groups in total. The number of carbonyl (C=O) groups is 3. The average molecular weight is 550 g/mol. The molecule has 1 saturated heterocycles. The molecular weight excluding hydrogens is 533 g/mol. The summed E-state index contributed by atoms with van der Waals surface area (Å²) in [7, 11) is 0. The van der Waals surface area contributed by atoms with Crippen LogP contribution in [0.5, 0.6) is 0 Å². The molecule has 3 amide bonds. The van der Waals surface area contributed by atoms with E-state index in [-0.39, 0.29) is 58.3 Å². The highest BCUT2D eigenvalue weighted by Gasteiger charge is 2.37. The Kier molecular flexibility index (Phi) is 6.34. The molecule has 0 aromatic heterocycles. The lowest BCUT2D eigenvalue weighted by atomic mass is 9.90. The first-order valence-corrected chi connectivity index (χ1v) is 11.7. The summed E-state index contributed by atoms with van der Waals surface area (Å²) in [6.07, 6.45) is -4.78. The predicted octanol–water partition coefficient (Wildman–Crippen LogP) is 5.33. The topological polar surface area (TPSA) is 87.3 Å². The molecule has 0 unspecified atom stereocenters. The Morgan fingerprint density at radius 3 is 2.45 bits per heavy atom. The zero-order chi connectivity index (χ0) is 27.4. The van der Waals surface area contributed by atoms with Gasteiger partial charge in [-0.25, -0.2) is 8.78 Å². The van der Waals surface area contributed by atoms with Crippen molar-refractivity contribution in [3.8, 4) is 0 Å². The molecule has 0 radical (unpaired) electrons. The monoisotopic (exact) mass is 549 g/mol. The molecule has 196 valence electrons. The highest BCUT2D eigenvalue weighted by Crippen LogP contribution is 2.42. The van der Waals surface area contributed by atoms with Gasteiger partial charge in [0.2, 0.25) is 5.91 Å². The Labute approximate surface area is 217 Å². The van der Waals surface area contributed by atoms with Gasteiger partial charge in [-0.15, -0.1) is 0 Å². The third-order valence-corrected chi connectivity index (χ3v) is 6.81. The van der Waals surface area contributed by atoms with Crippen LogP contribution in [0.3, 0.4) is 0 Å². The SMILES string of the molecule is O=C1C[C@H](c2cc(NC(=O)c3cc(F)cc(C(F)(F)F)c3)c3c(c2)C(=O)N[C@@H]3c2cc(F)ccc2Cl)CN1. The standard InChI is InChI=1S/C26H17ClF5N3O3/c27-19-2-1-15(28)9-17(19)23-22-18(25(38)35-23)5-11(13-7-21(36)33-10-13)6-20(22)34-24(37)12-3-14(26(30,31)32)8-16(29)4-12/h1-6,8-9,13,23H,7,10H2,(H,33,36)(H,34,37)(H,35,38)/t13-,23+/m0/s1. The Balaban J connectivity index is 1.62. The minimum absolute atomic E-state index is 0.0170. The summed E-state index contributed by atoms with van der Waals surface area (Å²) in [5, 5.41) is 7.97. The van der Waals surface area contributed by atoms with Crippen molar-refractivity contribution in [1.82, 2.24) is 10.6 Å². The molecular formula is C26H17ClF5N3O3. The van der Waals surface area contributed by atoms with Crippen molar-refractivity contribution < 1.29 is 36.3 Å². The van der Waals surface area contributed by atoms with E-state index in [9.17, 15) is 36.3 Å². The number of nitrogens with one attached hydrogen (secondary N) is 3. The van der Waals surface area contributed by atoms with E-state index in [1.807, 2.05) is 0 Å². The third kappa shape index (κ3) is 4.81. The molecule has 1 fully saturated rings. The van der Waals surface area contributed by atoms with Gasteiger partial charge >= 0.3 is 6.18 Å². The van der Waals surface area contributed by atoms with Crippen LogP contribution in [0.4, 0.5) is 27.6 Å². The molecule has 5 rings (SSSR count). The van der Waals surface area contributed by atoms with Gasteiger partial charge in [0.05, 0.1) is 11.6 Å². The van der Waals surface area contributed by atoms with E-state index in [0.29, 0.717) is 17.7 Å². The predicted molar refractivity (Wildman–Crippen MR) is 127 cm³/mol. The zero-order valence-corrected chi connectivity index (χ0v) is 19.9. The summed E-state index contributed by atoms with van der Waals surface area (Å²) in [6.45, 7) is 0.268. The summed E-state index contributed by atoms with van der Waals surface area (Å²) in [4.78, 5) is 37.8. The number of rotatable bonds is 4. The minimum atomic E-state index is -4.89. The van der Waals surface area contributed by atoms with Gasteiger partial charge in [0.1, 0.15) is 11.6 Å². The van der Waals surface area contributed by atoms with Gasteiger partial charge in [-0.2, -0.15) is 13.2 Å². The van der Waals surface area contributed by atoms with Gasteiger partial charge in [-0.1, -0.05) is 11.6 Å². The van der Waals surface area contributed by atoms with Crippen LogP contribution in [0.2, 0.25) is 5.02 Å². The van der Waals surface area contributed by atoms with Crippen LogP contribution >= 0.6 is 11.6 Å². The molecule has 2 aliphatic rings. The number of hydrogen-bond acceptors (Lipinski definition) is 3. The van der Waals surface area contributed by atoms with Gasteiger partial charge in [-0.3, -0.25) is 14.4 Å². The van der Waals surface area contributed by atoms with Crippen LogP contribution in [0.25, 0.3) is 0 Å². The molecule has 0 spiro atoms. The number of amides is 3. The fourth-order valence-corrected chi connectivity index (χ4v) is 4.91. The normalized spacial score (nSPS) is 18.7. The Hall–Kier alpha value is -3.99. The van der Waals surface area contributed by atoms with Crippen LogP contribution in [-0.2, 0) is 11.0 Å². The molecule has 2 heterocycles. The first-order valence-electron chi connectivity index (χ1n) is 11.3. The van der Waals surface area contributed by atoms with Gasteiger partial charge in [0, 0.05) is 51.8 Å². The molecule has 12 heteroatoms. The van der Waals surface area contributed by atoms with Gasteiger partial charge in [-0.05, 0) is 54.1 Å². The number of benzene rings is 3. The molecule has 0 aliphatic carbocycles. The van der Waals surface area contributed by atoms with Crippen molar-refractivity contribution in [1.29, 1.82) is 0 Å². The fraction of sp³-hybridized carbons (Fsp3) is 0.192. The van der Waals surface area contributed by atoms with Crippen molar-refractivity contribution in [3.63, 3.8) is 0 Å². The zero-order valence-electron chi connectivity index (χ0n) is 19.2. The number of fused-ring (bicyclic) bond motifs is 1. The molecule has 3 aromatic carbocycles. The summed E-state index contributed by atoms with van der Waals surface area (Å²) in [5.41, 5.74) is -0.936. The lowest BCUT2D eigenvalue weighted by Crippen LogP contribution is -2.21. The first kappa shape index (κ1) is 25.7. The minimum Gasteiger partial charge on any atom is -0.355 e. The first-order chi connectivity index (χ1) is 17.9. The number of hydrogen-bond donors (Lipinski definition) is 3. The lowest BCUT2D eigenvalue weighted by Gasteiger charge is -2.20. The summed E-state index contributed by atoms with van der Waals surface area (Å²) < 4.78 is 67.7. The van der Waals surface area contributed by atoms with Gasteiger partial charge < -0.3 is 16.0 Å². The van der Waals surface area contributed by atoms with Crippen LogP contribution < -0.4 is 16.0 Å². The molecule has 2 atom stereocenters. The lowest BCUT2D eigenvalue weighted by molar-refractivity contribution is -0.137. The van der Waals surface area contributed by atoms with Crippen molar-refractivity contribution in [2.45, 2.75) is 24.6 Å². The highest BCUT2D eigenvalue weighted by molar-refractivity contribution is 6.31. The second kappa shape index (κ2) is 9.39. The third-order valence-electron chi connectivity index (χ3n) is 6.46. The van der Waals surface area contributed by atoms with E-state index in [1.165, 1.54) is 12.1 Å². The Morgan fingerprint density at radius 2 is 1.76 bits per heavy atom. The molecule has 2 aliphatic heterocycles. The van der Waals surface area contributed by atoms with Crippen LogP contribution in [0.15, 0.2) is 48.5 Å². The van der Waals surface area contributed by atoms with E-state index in [2.05, 4.69) is 16.0 Å². The number of carbonyl (C=O) groups excluding carboxylic acids is 3.